The molecule has 0 fully saturated rings. The fourth-order valence-corrected chi connectivity index (χ4v) is 2.74. The Morgan fingerprint density at radius 2 is 1.83 bits per heavy atom. The zero-order valence-corrected chi connectivity index (χ0v) is 13.1. The van der Waals surface area contributed by atoms with Crippen LogP contribution in [0.15, 0.2) is 41.6 Å². The quantitative estimate of drug-likeness (QED) is 0.717. The van der Waals surface area contributed by atoms with Gasteiger partial charge in [-0.2, -0.15) is 0 Å². The van der Waals surface area contributed by atoms with Crippen LogP contribution in [0.1, 0.15) is 23.6 Å². The smallest absolute Gasteiger partial charge is 0.305 e. The minimum Gasteiger partial charge on any atom is -0.481 e. The number of carboxylic acid groups (broad SMARTS) is 1. The zero-order valence-electron chi connectivity index (χ0n) is 12.3. The molecule has 9 heteroatoms. The van der Waals surface area contributed by atoms with E-state index in [4.69, 9.17) is 10.8 Å². The number of benzene rings is 1. The molecule has 0 aliphatic heterocycles. The first-order chi connectivity index (χ1) is 10.8. The summed E-state index contributed by atoms with van der Waals surface area (Å²) in [4.78, 5) is 18.4. The van der Waals surface area contributed by atoms with E-state index >= 15 is 0 Å². The van der Waals surface area contributed by atoms with Crippen molar-refractivity contribution in [2.75, 3.05) is 4.72 Å². The summed E-state index contributed by atoms with van der Waals surface area (Å²) in [6.45, 7) is 1.85. The molecule has 0 aliphatic carbocycles. The van der Waals surface area contributed by atoms with E-state index in [1.807, 2.05) is 6.92 Å². The number of aryl methyl sites for hydroxylation is 1. The minimum atomic E-state index is -3.78. The van der Waals surface area contributed by atoms with E-state index < -0.39 is 22.0 Å². The maximum absolute atomic E-state index is 12.2. The van der Waals surface area contributed by atoms with Crippen LogP contribution in [0.25, 0.3) is 0 Å². The molecule has 1 aromatic carbocycles. The number of sulfonamides is 1. The Balaban J connectivity index is 2.14. The largest absolute Gasteiger partial charge is 0.481 e. The highest BCUT2D eigenvalue weighted by Gasteiger charge is 2.16. The van der Waals surface area contributed by atoms with Crippen LogP contribution >= 0.6 is 0 Å². The molecule has 4 N–H and O–H groups in total. The molecule has 1 atom stereocenters. The first-order valence-corrected chi connectivity index (χ1v) is 8.15. The molecular formula is C14H16N4O4S. The number of carboxylic acids is 1. The van der Waals surface area contributed by atoms with Gasteiger partial charge in [-0.25, -0.2) is 23.1 Å². The molecule has 1 unspecified atom stereocenters. The summed E-state index contributed by atoms with van der Waals surface area (Å²) in [5, 5.41) is 8.69. The lowest BCUT2D eigenvalue weighted by molar-refractivity contribution is -0.137. The van der Waals surface area contributed by atoms with Crippen molar-refractivity contribution in [1.82, 2.24) is 9.97 Å². The highest BCUT2D eigenvalue weighted by Crippen LogP contribution is 2.16. The van der Waals surface area contributed by atoms with Crippen LogP contribution in [0.2, 0.25) is 0 Å². The molecule has 122 valence electrons. The van der Waals surface area contributed by atoms with E-state index in [0.29, 0.717) is 5.56 Å². The van der Waals surface area contributed by atoms with Gasteiger partial charge >= 0.3 is 5.97 Å². The molecule has 23 heavy (non-hydrogen) atoms. The summed E-state index contributed by atoms with van der Waals surface area (Å²) in [7, 11) is -3.78. The normalized spacial score (nSPS) is 12.6. The van der Waals surface area contributed by atoms with Gasteiger partial charge in [0.05, 0.1) is 11.3 Å². The average Bonchev–Trinajstić information content (AvgIpc) is 2.47. The second-order valence-electron chi connectivity index (χ2n) is 4.96. The fourth-order valence-electron chi connectivity index (χ4n) is 1.78. The Morgan fingerprint density at radius 1 is 1.26 bits per heavy atom. The number of nitrogens with zero attached hydrogens (tertiary/aromatic N) is 2. The lowest BCUT2D eigenvalue weighted by Gasteiger charge is -2.10. The summed E-state index contributed by atoms with van der Waals surface area (Å²) in [5.74, 6) is -1.15. The molecule has 0 saturated heterocycles. The number of nitrogens with two attached hydrogens (primary N) is 1. The van der Waals surface area contributed by atoms with Crippen molar-refractivity contribution in [2.45, 2.75) is 24.3 Å². The van der Waals surface area contributed by atoms with Crippen LogP contribution < -0.4 is 10.5 Å². The molecule has 1 aromatic heterocycles. The van der Waals surface area contributed by atoms with Crippen LogP contribution in [-0.4, -0.2) is 29.5 Å². The number of aliphatic carboxylic acids is 1. The molecule has 8 nitrogen and oxygen atoms in total. The summed E-state index contributed by atoms with van der Waals surface area (Å²) < 4.78 is 26.6. The number of carbonyl (C=O) groups is 1. The molecule has 0 aliphatic rings. The average molecular weight is 336 g/mol. The van der Waals surface area contributed by atoms with E-state index in [2.05, 4.69) is 14.7 Å². The highest BCUT2D eigenvalue weighted by molar-refractivity contribution is 7.92. The van der Waals surface area contributed by atoms with Crippen molar-refractivity contribution in [1.29, 1.82) is 0 Å². The standard InChI is InChI=1S/C14H16N4O4S/c1-9-2-4-11(5-3-9)23(21,22)18-14-16-7-10(8-17-14)12(15)6-13(19)20/h2-5,7-8,12H,6,15H2,1H3,(H,19,20)(H,16,17,18). The number of nitrogens with one attached hydrogen (secondary N) is 1. The number of hydrogen-bond acceptors (Lipinski definition) is 6. The monoisotopic (exact) mass is 336 g/mol. The van der Waals surface area contributed by atoms with Gasteiger partial charge in [0.2, 0.25) is 5.95 Å². The Labute approximate surface area is 133 Å². The second kappa shape index (κ2) is 6.71. The van der Waals surface area contributed by atoms with E-state index in [1.165, 1.54) is 24.5 Å². The van der Waals surface area contributed by atoms with E-state index in [-0.39, 0.29) is 17.3 Å². The topological polar surface area (TPSA) is 135 Å². The van der Waals surface area contributed by atoms with Crippen molar-refractivity contribution in [3.63, 3.8) is 0 Å². The first kappa shape index (κ1) is 16.8. The molecule has 2 rings (SSSR count). The van der Waals surface area contributed by atoms with Gasteiger partial charge in [-0.3, -0.25) is 4.79 Å². The van der Waals surface area contributed by atoms with Gasteiger partial charge in [0, 0.05) is 24.0 Å². The van der Waals surface area contributed by atoms with Gasteiger partial charge in [-0.1, -0.05) is 17.7 Å². The summed E-state index contributed by atoms with van der Waals surface area (Å²) in [6.07, 6.45) is 2.33. The third-order valence-corrected chi connectivity index (χ3v) is 4.40. The maximum atomic E-state index is 12.2. The van der Waals surface area contributed by atoms with Gasteiger partial charge < -0.3 is 10.8 Å². The first-order valence-electron chi connectivity index (χ1n) is 6.67. The fraction of sp³-hybridized carbons (Fsp3) is 0.214. The predicted molar refractivity (Wildman–Crippen MR) is 83.2 cm³/mol. The van der Waals surface area contributed by atoms with Gasteiger partial charge in [0.1, 0.15) is 0 Å². The molecule has 1 heterocycles. The highest BCUT2D eigenvalue weighted by atomic mass is 32.2. The number of rotatable bonds is 6. The Kier molecular flexibility index (Phi) is 4.92. The van der Waals surface area contributed by atoms with Crippen LogP contribution in [-0.2, 0) is 14.8 Å². The van der Waals surface area contributed by atoms with Gasteiger partial charge in [0.25, 0.3) is 10.0 Å². The third-order valence-electron chi connectivity index (χ3n) is 3.05. The molecule has 0 radical (unpaired) electrons. The number of aromatic nitrogens is 2. The molecule has 2 aromatic rings. The lowest BCUT2D eigenvalue weighted by atomic mass is 10.1. The Hall–Kier alpha value is -2.52. The van der Waals surface area contributed by atoms with Gasteiger partial charge in [-0.05, 0) is 19.1 Å². The maximum Gasteiger partial charge on any atom is 0.305 e. The van der Waals surface area contributed by atoms with Crippen LogP contribution in [0, 0.1) is 6.92 Å². The van der Waals surface area contributed by atoms with E-state index in [1.54, 1.807) is 12.1 Å². The Bertz CT molecular complexity index is 789. The summed E-state index contributed by atoms with van der Waals surface area (Å²) >= 11 is 0. The van der Waals surface area contributed by atoms with Gasteiger partial charge in [-0.15, -0.1) is 0 Å². The lowest BCUT2D eigenvalue weighted by Crippen LogP contribution is -2.17. The van der Waals surface area contributed by atoms with E-state index in [0.717, 1.165) is 5.56 Å². The summed E-state index contributed by atoms with van der Waals surface area (Å²) in [6, 6.07) is 5.58. The van der Waals surface area contributed by atoms with Crippen molar-refractivity contribution in [3.8, 4) is 0 Å². The molecule has 0 amide bonds. The zero-order chi connectivity index (χ0) is 17.0. The Morgan fingerprint density at radius 3 is 2.35 bits per heavy atom. The van der Waals surface area contributed by atoms with Crippen LogP contribution in [0.4, 0.5) is 5.95 Å². The van der Waals surface area contributed by atoms with Gasteiger partial charge in [0.15, 0.2) is 0 Å². The third kappa shape index (κ3) is 4.47. The number of hydrogen-bond donors (Lipinski definition) is 3. The van der Waals surface area contributed by atoms with Crippen molar-refractivity contribution >= 4 is 21.9 Å². The second-order valence-corrected chi connectivity index (χ2v) is 6.65. The van der Waals surface area contributed by atoms with Crippen molar-refractivity contribution in [2.24, 2.45) is 5.73 Å². The van der Waals surface area contributed by atoms with Crippen LogP contribution in [0.3, 0.4) is 0 Å². The molecule has 0 bridgehead atoms. The molecular weight excluding hydrogens is 320 g/mol. The van der Waals surface area contributed by atoms with Crippen molar-refractivity contribution in [3.05, 3.63) is 47.8 Å². The number of anilines is 1. The molecule has 0 saturated carbocycles. The summed E-state index contributed by atoms with van der Waals surface area (Å²) in [5.41, 5.74) is 7.03. The van der Waals surface area contributed by atoms with Crippen LogP contribution in [0.5, 0.6) is 0 Å². The SMILES string of the molecule is Cc1ccc(S(=O)(=O)Nc2ncc(C(N)CC(=O)O)cn2)cc1. The minimum absolute atomic E-state index is 0.0957. The van der Waals surface area contributed by atoms with Crippen molar-refractivity contribution < 1.29 is 18.3 Å². The molecule has 0 spiro atoms. The van der Waals surface area contributed by atoms with E-state index in [9.17, 15) is 13.2 Å². The predicted octanol–water partition coefficient (Wildman–Crippen LogP) is 1.06.